The molecular formula is C20H28N4O5S. The maximum atomic E-state index is 11.9. The van der Waals surface area contributed by atoms with E-state index in [2.05, 4.69) is 19.6 Å². The van der Waals surface area contributed by atoms with Gasteiger partial charge in [-0.15, -0.1) is 0 Å². The fourth-order valence-corrected chi connectivity index (χ4v) is 6.15. The van der Waals surface area contributed by atoms with Gasteiger partial charge in [0, 0.05) is 26.2 Å². The van der Waals surface area contributed by atoms with Crippen molar-refractivity contribution in [2.45, 2.75) is 32.9 Å². The van der Waals surface area contributed by atoms with Crippen LogP contribution in [0.5, 0.6) is 0 Å². The molecule has 0 aliphatic carbocycles. The second-order valence-corrected chi connectivity index (χ2v) is 10.3. The molecule has 0 unspecified atom stereocenters. The Bertz CT molecular complexity index is 1030. The highest BCUT2D eigenvalue weighted by atomic mass is 32.2. The predicted molar refractivity (Wildman–Crippen MR) is 112 cm³/mol. The molecule has 0 saturated carbocycles. The van der Waals surface area contributed by atoms with E-state index in [4.69, 9.17) is 4.42 Å². The molecule has 2 saturated heterocycles. The molecule has 4 heterocycles. The van der Waals surface area contributed by atoms with Gasteiger partial charge in [-0.2, -0.15) is 5.10 Å². The first-order valence-corrected chi connectivity index (χ1v) is 12.0. The van der Waals surface area contributed by atoms with E-state index in [1.807, 2.05) is 24.6 Å². The number of anilines is 1. The van der Waals surface area contributed by atoms with Gasteiger partial charge < -0.3 is 14.1 Å². The van der Waals surface area contributed by atoms with Crippen molar-refractivity contribution in [1.29, 1.82) is 0 Å². The Labute approximate surface area is 176 Å². The Kier molecular flexibility index (Phi) is 5.63. The number of esters is 1. The molecule has 2 aromatic rings. The standard InChI is InChI=1S/C20H28N4O5S/c1-14-19(15(2)24(21-14)16-6-11-30(26,27)13-16)23-9-7-22(8-10-23)12-17-4-5-18(29-17)20(25)28-3/h4-5,16H,6-13H2,1-3H3/t16-/m1/s1. The molecule has 30 heavy (non-hydrogen) atoms. The maximum absolute atomic E-state index is 11.9. The van der Waals surface area contributed by atoms with E-state index in [0.717, 1.165) is 49.0 Å². The van der Waals surface area contributed by atoms with Crippen LogP contribution >= 0.6 is 0 Å². The van der Waals surface area contributed by atoms with Gasteiger partial charge in [-0.1, -0.05) is 0 Å². The Balaban J connectivity index is 1.40. The van der Waals surface area contributed by atoms with E-state index >= 15 is 0 Å². The third-order valence-electron chi connectivity index (χ3n) is 5.96. The van der Waals surface area contributed by atoms with E-state index in [0.29, 0.717) is 13.0 Å². The molecule has 10 heteroatoms. The topological polar surface area (TPSA) is 97.9 Å². The van der Waals surface area contributed by atoms with Crippen molar-refractivity contribution in [3.05, 3.63) is 35.0 Å². The fourth-order valence-electron chi connectivity index (χ4n) is 4.46. The number of ether oxygens (including phenoxy) is 1. The van der Waals surface area contributed by atoms with E-state index in [9.17, 15) is 13.2 Å². The molecule has 0 amide bonds. The first kappa shape index (κ1) is 20.9. The number of methoxy groups -OCH3 is 1. The molecule has 0 N–H and O–H groups in total. The number of aromatic nitrogens is 2. The van der Waals surface area contributed by atoms with Crippen molar-refractivity contribution in [3.63, 3.8) is 0 Å². The molecule has 9 nitrogen and oxygen atoms in total. The lowest BCUT2D eigenvalue weighted by molar-refractivity contribution is 0.0561. The van der Waals surface area contributed by atoms with Crippen molar-refractivity contribution >= 4 is 21.5 Å². The highest BCUT2D eigenvalue weighted by Crippen LogP contribution is 2.31. The van der Waals surface area contributed by atoms with Gasteiger partial charge in [0.25, 0.3) is 0 Å². The van der Waals surface area contributed by atoms with Crippen molar-refractivity contribution < 1.29 is 22.4 Å². The maximum Gasteiger partial charge on any atom is 0.373 e. The third-order valence-corrected chi connectivity index (χ3v) is 7.71. The van der Waals surface area contributed by atoms with Crippen LogP contribution in [0.4, 0.5) is 5.69 Å². The number of hydrogen-bond acceptors (Lipinski definition) is 8. The fraction of sp³-hybridized carbons (Fsp3) is 0.600. The molecule has 1 atom stereocenters. The zero-order chi connectivity index (χ0) is 21.5. The van der Waals surface area contributed by atoms with E-state index in [-0.39, 0.29) is 23.3 Å². The number of sulfone groups is 1. The summed E-state index contributed by atoms with van der Waals surface area (Å²) in [7, 11) is -1.62. The minimum atomic E-state index is -2.95. The van der Waals surface area contributed by atoms with Gasteiger partial charge in [-0.3, -0.25) is 9.58 Å². The van der Waals surface area contributed by atoms with Crippen molar-refractivity contribution in [1.82, 2.24) is 14.7 Å². The van der Waals surface area contributed by atoms with Gasteiger partial charge in [0.15, 0.2) is 9.84 Å². The summed E-state index contributed by atoms with van der Waals surface area (Å²) < 4.78 is 35.9. The van der Waals surface area contributed by atoms with E-state index < -0.39 is 15.8 Å². The molecule has 0 aromatic carbocycles. The first-order valence-electron chi connectivity index (χ1n) is 10.2. The average molecular weight is 437 g/mol. The second kappa shape index (κ2) is 8.07. The molecule has 164 valence electrons. The van der Waals surface area contributed by atoms with Crippen LogP contribution in [0.15, 0.2) is 16.5 Å². The van der Waals surface area contributed by atoms with E-state index in [1.165, 1.54) is 7.11 Å². The Morgan fingerprint density at radius 1 is 1.23 bits per heavy atom. The van der Waals surface area contributed by atoms with E-state index in [1.54, 1.807) is 6.07 Å². The molecule has 4 rings (SSSR count). The van der Waals surface area contributed by atoms with Gasteiger partial charge in [-0.05, 0) is 32.4 Å². The molecular weight excluding hydrogens is 408 g/mol. The largest absolute Gasteiger partial charge is 0.463 e. The van der Waals surface area contributed by atoms with Gasteiger partial charge in [0.1, 0.15) is 5.76 Å². The molecule has 0 bridgehead atoms. The lowest BCUT2D eigenvalue weighted by atomic mass is 10.2. The van der Waals surface area contributed by atoms with Crippen LogP contribution in [-0.4, -0.2) is 73.9 Å². The Morgan fingerprint density at radius 2 is 1.97 bits per heavy atom. The van der Waals surface area contributed by atoms with Crippen LogP contribution in [0, 0.1) is 13.8 Å². The van der Waals surface area contributed by atoms with Crippen LogP contribution in [0.25, 0.3) is 0 Å². The summed E-state index contributed by atoms with van der Waals surface area (Å²) in [4.78, 5) is 16.2. The second-order valence-electron chi connectivity index (χ2n) is 8.04. The molecule has 0 spiro atoms. The predicted octanol–water partition coefficient (Wildman–Crippen LogP) is 1.56. The summed E-state index contributed by atoms with van der Waals surface area (Å²) in [5.74, 6) is 0.919. The molecule has 2 aliphatic heterocycles. The van der Waals surface area contributed by atoms with Crippen LogP contribution in [0.3, 0.4) is 0 Å². The number of furan rings is 1. The molecule has 2 aromatic heterocycles. The molecule has 2 fully saturated rings. The minimum Gasteiger partial charge on any atom is -0.463 e. The summed E-state index contributed by atoms with van der Waals surface area (Å²) in [6.07, 6.45) is 0.633. The van der Waals surface area contributed by atoms with Crippen LogP contribution in [0.1, 0.15) is 40.2 Å². The smallest absolute Gasteiger partial charge is 0.373 e. The summed E-state index contributed by atoms with van der Waals surface area (Å²) in [5.41, 5.74) is 3.10. The van der Waals surface area contributed by atoms with Crippen LogP contribution < -0.4 is 4.90 Å². The number of carbonyl (C=O) groups excluding carboxylic acids is 1. The summed E-state index contributed by atoms with van der Waals surface area (Å²) >= 11 is 0. The van der Waals surface area contributed by atoms with Crippen molar-refractivity contribution in [2.24, 2.45) is 0 Å². The van der Waals surface area contributed by atoms with Crippen molar-refractivity contribution in [2.75, 3.05) is 49.7 Å². The highest BCUT2D eigenvalue weighted by molar-refractivity contribution is 7.91. The number of hydrogen-bond donors (Lipinski definition) is 0. The van der Waals surface area contributed by atoms with Crippen LogP contribution in [0.2, 0.25) is 0 Å². The number of piperazine rings is 1. The third kappa shape index (κ3) is 4.11. The van der Waals surface area contributed by atoms with Gasteiger partial charge >= 0.3 is 5.97 Å². The molecule has 0 radical (unpaired) electrons. The Morgan fingerprint density at radius 3 is 2.60 bits per heavy atom. The van der Waals surface area contributed by atoms with Crippen molar-refractivity contribution in [3.8, 4) is 0 Å². The zero-order valence-corrected chi connectivity index (χ0v) is 18.4. The summed E-state index contributed by atoms with van der Waals surface area (Å²) in [5, 5.41) is 4.69. The quantitative estimate of drug-likeness (QED) is 0.652. The molecule has 2 aliphatic rings. The lowest BCUT2D eigenvalue weighted by Gasteiger charge is -2.35. The normalized spacial score (nSPS) is 21.8. The summed E-state index contributed by atoms with van der Waals surface area (Å²) in [6.45, 7) is 8.08. The first-order chi connectivity index (χ1) is 14.3. The SMILES string of the molecule is COC(=O)c1ccc(CN2CCN(c3c(C)nn([C@@H]4CCS(=O)(=O)C4)c3C)CC2)o1. The number of aryl methyl sites for hydroxylation is 1. The van der Waals surface area contributed by atoms with Gasteiger partial charge in [0.2, 0.25) is 5.76 Å². The Hall–Kier alpha value is -2.33. The van der Waals surface area contributed by atoms with Gasteiger partial charge in [0.05, 0.1) is 48.3 Å². The minimum absolute atomic E-state index is 0.0632. The van der Waals surface area contributed by atoms with Crippen LogP contribution in [-0.2, 0) is 21.1 Å². The number of nitrogens with zero attached hydrogens (tertiary/aromatic N) is 4. The zero-order valence-electron chi connectivity index (χ0n) is 17.6. The summed E-state index contributed by atoms with van der Waals surface area (Å²) in [6, 6.07) is 3.39. The lowest BCUT2D eigenvalue weighted by Crippen LogP contribution is -2.46. The number of rotatable bonds is 5. The van der Waals surface area contributed by atoms with Gasteiger partial charge in [-0.25, -0.2) is 13.2 Å². The highest BCUT2D eigenvalue weighted by Gasteiger charge is 2.32. The monoisotopic (exact) mass is 436 g/mol. The average Bonchev–Trinajstić information content (AvgIpc) is 3.40. The number of carbonyl (C=O) groups is 1.